The van der Waals surface area contributed by atoms with Gasteiger partial charge in [0.05, 0.1) is 5.56 Å². The van der Waals surface area contributed by atoms with E-state index in [9.17, 15) is 13.2 Å². The summed E-state index contributed by atoms with van der Waals surface area (Å²) in [6, 6.07) is 2.96. The highest BCUT2D eigenvalue weighted by Gasteiger charge is 2.30. The normalized spacial score (nSPS) is 24.2. The van der Waals surface area contributed by atoms with Crippen molar-refractivity contribution in [2.45, 2.75) is 38.0 Å². The van der Waals surface area contributed by atoms with Crippen LogP contribution in [0.1, 0.15) is 25.3 Å². The van der Waals surface area contributed by atoms with Crippen molar-refractivity contribution in [2.24, 2.45) is 0 Å². The number of ether oxygens (including phenoxy) is 1. The number of hydrogen-bond acceptors (Lipinski definition) is 3. The molecule has 1 saturated heterocycles. The predicted octanol–water partition coefficient (Wildman–Crippen LogP) is 2.62. The average Bonchev–Trinajstić information content (AvgIpc) is 2.72. The second-order valence-corrected chi connectivity index (χ2v) is 4.54. The van der Waals surface area contributed by atoms with Gasteiger partial charge in [0, 0.05) is 24.3 Å². The van der Waals surface area contributed by atoms with Gasteiger partial charge in [0.1, 0.15) is 6.61 Å². The van der Waals surface area contributed by atoms with Gasteiger partial charge in [-0.25, -0.2) is 4.98 Å². The first-order valence-electron chi connectivity index (χ1n) is 5.87. The summed E-state index contributed by atoms with van der Waals surface area (Å²) >= 11 is 0. The average molecular weight is 260 g/mol. The Balaban J connectivity index is 1.87. The maximum absolute atomic E-state index is 12.3. The van der Waals surface area contributed by atoms with Crippen LogP contribution in [0, 0.1) is 0 Å². The third-order valence-electron chi connectivity index (χ3n) is 2.96. The molecule has 1 aliphatic rings. The number of hydrogen-bond donors (Lipinski definition) is 1. The van der Waals surface area contributed by atoms with Crippen LogP contribution in [-0.4, -0.2) is 23.7 Å². The van der Waals surface area contributed by atoms with Crippen LogP contribution in [0.3, 0.4) is 0 Å². The van der Waals surface area contributed by atoms with E-state index < -0.39 is 11.7 Å². The first kappa shape index (κ1) is 13.1. The molecule has 1 aromatic heterocycles. The van der Waals surface area contributed by atoms with E-state index in [0.29, 0.717) is 12.6 Å². The number of pyridine rings is 1. The fraction of sp³-hybridized carbons (Fsp3) is 0.583. The van der Waals surface area contributed by atoms with Crippen molar-refractivity contribution in [3.05, 3.63) is 23.9 Å². The van der Waals surface area contributed by atoms with Crippen LogP contribution in [0.15, 0.2) is 18.3 Å². The van der Waals surface area contributed by atoms with Gasteiger partial charge in [-0.3, -0.25) is 0 Å². The van der Waals surface area contributed by atoms with E-state index in [-0.39, 0.29) is 11.9 Å². The fourth-order valence-electron chi connectivity index (χ4n) is 1.97. The summed E-state index contributed by atoms with van der Waals surface area (Å²) in [6.45, 7) is 2.53. The van der Waals surface area contributed by atoms with Crippen LogP contribution in [0.25, 0.3) is 0 Å². The third-order valence-corrected chi connectivity index (χ3v) is 2.96. The molecule has 0 radical (unpaired) electrons. The molecule has 0 saturated carbocycles. The summed E-state index contributed by atoms with van der Waals surface area (Å²) in [5.74, 6) is 0.226. The van der Waals surface area contributed by atoms with Crippen LogP contribution >= 0.6 is 0 Å². The molecule has 1 fully saturated rings. The Labute approximate surface area is 103 Å². The Morgan fingerprint density at radius 2 is 2.17 bits per heavy atom. The predicted molar refractivity (Wildman–Crippen MR) is 60.4 cm³/mol. The summed E-state index contributed by atoms with van der Waals surface area (Å²) in [4.78, 5) is 3.66. The van der Waals surface area contributed by atoms with Crippen LogP contribution in [-0.2, 0) is 6.18 Å². The minimum Gasteiger partial charge on any atom is -0.476 e. The topological polar surface area (TPSA) is 34.1 Å². The van der Waals surface area contributed by atoms with E-state index in [4.69, 9.17) is 4.74 Å². The number of halogens is 3. The summed E-state index contributed by atoms with van der Waals surface area (Å²) in [6.07, 6.45) is -1.45. The molecule has 6 heteroatoms. The van der Waals surface area contributed by atoms with Gasteiger partial charge in [0.15, 0.2) is 0 Å². The zero-order chi connectivity index (χ0) is 13.2. The number of alkyl halides is 3. The van der Waals surface area contributed by atoms with Gasteiger partial charge in [0.25, 0.3) is 0 Å². The zero-order valence-electron chi connectivity index (χ0n) is 10.00. The first-order chi connectivity index (χ1) is 8.45. The lowest BCUT2D eigenvalue weighted by Crippen LogP contribution is -2.32. The van der Waals surface area contributed by atoms with Gasteiger partial charge in [-0.15, -0.1) is 0 Å². The molecular weight excluding hydrogens is 245 g/mol. The zero-order valence-corrected chi connectivity index (χ0v) is 10.00. The molecule has 3 nitrogen and oxygen atoms in total. The van der Waals surface area contributed by atoms with Gasteiger partial charge in [-0.2, -0.15) is 13.2 Å². The van der Waals surface area contributed by atoms with E-state index in [1.54, 1.807) is 0 Å². The molecule has 2 rings (SSSR count). The summed E-state index contributed by atoms with van der Waals surface area (Å²) < 4.78 is 42.3. The Morgan fingerprint density at radius 1 is 1.39 bits per heavy atom. The van der Waals surface area contributed by atoms with Crippen LogP contribution in [0.5, 0.6) is 5.88 Å². The van der Waals surface area contributed by atoms with Crippen LogP contribution in [0.4, 0.5) is 13.2 Å². The SMILES string of the molecule is C[C@H]1CC[C@@H](COc2ccc(C(F)(F)F)cn2)N1. The van der Waals surface area contributed by atoms with E-state index in [2.05, 4.69) is 17.2 Å². The van der Waals surface area contributed by atoms with Crippen LogP contribution < -0.4 is 10.1 Å². The molecule has 0 aliphatic carbocycles. The summed E-state index contributed by atoms with van der Waals surface area (Å²) in [7, 11) is 0. The molecule has 1 aromatic rings. The van der Waals surface area contributed by atoms with Crippen molar-refractivity contribution < 1.29 is 17.9 Å². The van der Waals surface area contributed by atoms with Crippen molar-refractivity contribution in [3.63, 3.8) is 0 Å². The Hall–Kier alpha value is -1.30. The number of aromatic nitrogens is 1. The minimum atomic E-state index is -4.35. The van der Waals surface area contributed by atoms with Gasteiger partial charge < -0.3 is 10.1 Å². The fourth-order valence-corrected chi connectivity index (χ4v) is 1.97. The number of nitrogens with one attached hydrogen (secondary N) is 1. The molecule has 0 spiro atoms. The maximum atomic E-state index is 12.3. The largest absolute Gasteiger partial charge is 0.476 e. The van der Waals surface area contributed by atoms with Crippen molar-refractivity contribution in [1.82, 2.24) is 10.3 Å². The molecular formula is C12H15F3N2O. The number of nitrogens with zero attached hydrogens (tertiary/aromatic N) is 1. The maximum Gasteiger partial charge on any atom is 0.417 e. The number of rotatable bonds is 3. The molecule has 1 aliphatic heterocycles. The highest BCUT2D eigenvalue weighted by molar-refractivity contribution is 5.20. The van der Waals surface area contributed by atoms with Crippen molar-refractivity contribution in [1.29, 1.82) is 0 Å². The van der Waals surface area contributed by atoms with Crippen molar-refractivity contribution in [3.8, 4) is 5.88 Å². The monoisotopic (exact) mass is 260 g/mol. The highest BCUT2D eigenvalue weighted by atomic mass is 19.4. The van der Waals surface area contributed by atoms with E-state index >= 15 is 0 Å². The molecule has 0 aromatic carbocycles. The van der Waals surface area contributed by atoms with Crippen LogP contribution in [0.2, 0.25) is 0 Å². The lowest BCUT2D eigenvalue weighted by molar-refractivity contribution is -0.137. The third kappa shape index (κ3) is 3.35. The lowest BCUT2D eigenvalue weighted by Gasteiger charge is -2.13. The standard InChI is InChI=1S/C12H15F3N2O/c1-8-2-4-10(17-8)7-18-11-5-3-9(6-16-11)12(13,14)15/h3,5-6,8,10,17H,2,4,7H2,1H3/t8-,10-/m0/s1. The van der Waals surface area contributed by atoms with Crippen molar-refractivity contribution in [2.75, 3.05) is 6.61 Å². The Morgan fingerprint density at radius 3 is 2.67 bits per heavy atom. The van der Waals surface area contributed by atoms with Gasteiger partial charge in [-0.1, -0.05) is 0 Å². The molecule has 0 bridgehead atoms. The van der Waals surface area contributed by atoms with E-state index in [1.165, 1.54) is 6.07 Å². The van der Waals surface area contributed by atoms with Gasteiger partial charge >= 0.3 is 6.18 Å². The van der Waals surface area contributed by atoms with Gasteiger partial charge in [-0.05, 0) is 25.8 Å². The molecule has 2 heterocycles. The lowest BCUT2D eigenvalue weighted by atomic mass is 10.2. The van der Waals surface area contributed by atoms with Gasteiger partial charge in [0.2, 0.25) is 5.88 Å². The molecule has 2 atom stereocenters. The minimum absolute atomic E-state index is 0.226. The van der Waals surface area contributed by atoms with E-state index in [0.717, 1.165) is 25.1 Å². The molecule has 1 N–H and O–H groups in total. The second-order valence-electron chi connectivity index (χ2n) is 4.54. The molecule has 18 heavy (non-hydrogen) atoms. The quantitative estimate of drug-likeness (QED) is 0.907. The molecule has 0 amide bonds. The molecule has 0 unspecified atom stereocenters. The molecule has 100 valence electrons. The summed E-state index contributed by atoms with van der Waals surface area (Å²) in [5.41, 5.74) is -0.762. The van der Waals surface area contributed by atoms with Crippen molar-refractivity contribution >= 4 is 0 Å². The second kappa shape index (κ2) is 5.14. The van der Waals surface area contributed by atoms with E-state index in [1.807, 2.05) is 0 Å². The Bertz CT molecular complexity index is 391. The summed E-state index contributed by atoms with van der Waals surface area (Å²) in [5, 5.41) is 3.33. The highest BCUT2D eigenvalue weighted by Crippen LogP contribution is 2.29. The Kier molecular flexibility index (Phi) is 3.75. The smallest absolute Gasteiger partial charge is 0.417 e. The first-order valence-corrected chi connectivity index (χ1v) is 5.87.